The summed E-state index contributed by atoms with van der Waals surface area (Å²) in [5.41, 5.74) is 0.379. The molecule has 0 heterocycles. The summed E-state index contributed by atoms with van der Waals surface area (Å²) in [4.78, 5) is 11.6. The molecule has 5 heteroatoms. The number of benzene rings is 1. The van der Waals surface area contributed by atoms with Gasteiger partial charge in [0.15, 0.2) is 5.78 Å². The van der Waals surface area contributed by atoms with Gasteiger partial charge < -0.3 is 0 Å². The minimum atomic E-state index is -3.59. The maximum atomic E-state index is 12.5. The van der Waals surface area contributed by atoms with Gasteiger partial charge in [-0.3, -0.25) is 4.79 Å². The fourth-order valence-corrected chi connectivity index (χ4v) is 4.34. The van der Waals surface area contributed by atoms with E-state index < -0.39 is 10.0 Å². The summed E-state index contributed by atoms with van der Waals surface area (Å²) in [5, 5.41) is 0. The highest BCUT2D eigenvalue weighted by Gasteiger charge is 2.35. The fourth-order valence-electron chi connectivity index (χ4n) is 2.85. The van der Waals surface area contributed by atoms with Crippen LogP contribution in [-0.2, 0) is 10.0 Å². The van der Waals surface area contributed by atoms with Gasteiger partial charge in [-0.05, 0) is 37.3 Å². The van der Waals surface area contributed by atoms with Crippen LogP contribution in [0.1, 0.15) is 56.8 Å². The zero-order valence-electron chi connectivity index (χ0n) is 12.8. The van der Waals surface area contributed by atoms with Gasteiger partial charge >= 0.3 is 0 Å². The highest BCUT2D eigenvalue weighted by atomic mass is 32.2. The highest BCUT2D eigenvalue weighted by molar-refractivity contribution is 7.89. The Morgan fingerprint density at radius 3 is 2.62 bits per heavy atom. The quantitative estimate of drug-likeness (QED) is 0.869. The lowest BCUT2D eigenvalue weighted by Gasteiger charge is -2.38. The first kappa shape index (κ1) is 16.2. The van der Waals surface area contributed by atoms with Crippen molar-refractivity contribution in [3.63, 3.8) is 0 Å². The monoisotopic (exact) mass is 309 g/mol. The van der Waals surface area contributed by atoms with E-state index in [4.69, 9.17) is 0 Å². The smallest absolute Gasteiger partial charge is 0.240 e. The van der Waals surface area contributed by atoms with Gasteiger partial charge in [0.2, 0.25) is 10.0 Å². The van der Waals surface area contributed by atoms with Crippen molar-refractivity contribution in [1.82, 2.24) is 4.72 Å². The molecule has 1 aromatic rings. The number of nitrogens with one attached hydrogen (secondary N) is 1. The first-order chi connectivity index (χ1) is 9.72. The molecule has 1 unspecified atom stereocenters. The van der Waals surface area contributed by atoms with Gasteiger partial charge in [-0.1, -0.05) is 38.8 Å². The summed E-state index contributed by atoms with van der Waals surface area (Å²) in [7, 11) is -3.59. The van der Waals surface area contributed by atoms with Crippen LogP contribution in [0.3, 0.4) is 0 Å². The topological polar surface area (TPSA) is 63.2 Å². The SMILES string of the molecule is CC(=O)c1cccc(S(=O)(=O)NC2CCCCC2(C)C)c1. The van der Waals surface area contributed by atoms with Crippen LogP contribution in [0.15, 0.2) is 29.2 Å². The van der Waals surface area contributed by atoms with E-state index in [1.54, 1.807) is 12.1 Å². The van der Waals surface area contributed by atoms with E-state index in [0.717, 1.165) is 25.7 Å². The average Bonchev–Trinajstić information content (AvgIpc) is 2.41. The lowest BCUT2D eigenvalue weighted by atomic mass is 9.74. The maximum absolute atomic E-state index is 12.5. The molecule has 0 bridgehead atoms. The molecule has 21 heavy (non-hydrogen) atoms. The summed E-state index contributed by atoms with van der Waals surface area (Å²) in [6.07, 6.45) is 4.07. The molecule has 116 valence electrons. The lowest BCUT2D eigenvalue weighted by molar-refractivity contribution is 0.101. The molecule has 1 fully saturated rings. The Bertz CT molecular complexity index is 635. The van der Waals surface area contributed by atoms with Crippen LogP contribution in [-0.4, -0.2) is 20.2 Å². The van der Waals surface area contributed by atoms with Crippen LogP contribution >= 0.6 is 0 Å². The van der Waals surface area contributed by atoms with Crippen LogP contribution in [0.2, 0.25) is 0 Å². The molecule has 0 amide bonds. The van der Waals surface area contributed by atoms with Crippen LogP contribution in [0.5, 0.6) is 0 Å². The van der Waals surface area contributed by atoms with Crippen molar-refractivity contribution in [3.05, 3.63) is 29.8 Å². The van der Waals surface area contributed by atoms with Gasteiger partial charge in [0, 0.05) is 11.6 Å². The molecule has 1 aromatic carbocycles. The van der Waals surface area contributed by atoms with Crippen LogP contribution in [0.4, 0.5) is 0 Å². The summed E-state index contributed by atoms with van der Waals surface area (Å²) >= 11 is 0. The predicted octanol–water partition coefficient (Wildman–Crippen LogP) is 3.14. The molecule has 0 radical (unpaired) electrons. The average molecular weight is 309 g/mol. The standard InChI is InChI=1S/C16H23NO3S/c1-12(18)13-7-6-8-14(11-13)21(19,20)17-15-9-4-5-10-16(15,2)3/h6-8,11,15,17H,4-5,9-10H2,1-3H3. The minimum absolute atomic E-state index is 0.0382. The van der Waals surface area contributed by atoms with E-state index >= 15 is 0 Å². The molecule has 4 nitrogen and oxygen atoms in total. The number of carbonyl (C=O) groups excluding carboxylic acids is 1. The van der Waals surface area contributed by atoms with E-state index in [0.29, 0.717) is 5.56 Å². The minimum Gasteiger partial charge on any atom is -0.295 e. The van der Waals surface area contributed by atoms with Gasteiger partial charge in [0.25, 0.3) is 0 Å². The third-order valence-corrected chi connectivity index (χ3v) is 5.82. The Morgan fingerprint density at radius 2 is 2.00 bits per heavy atom. The van der Waals surface area contributed by atoms with E-state index in [1.807, 2.05) is 0 Å². The summed E-state index contributed by atoms with van der Waals surface area (Å²) in [6.45, 7) is 5.64. The summed E-state index contributed by atoms with van der Waals surface area (Å²) in [5.74, 6) is -0.134. The predicted molar refractivity (Wildman–Crippen MR) is 82.8 cm³/mol. The molecule has 1 atom stereocenters. The highest BCUT2D eigenvalue weighted by Crippen LogP contribution is 2.36. The van der Waals surface area contributed by atoms with Crippen molar-refractivity contribution >= 4 is 15.8 Å². The van der Waals surface area contributed by atoms with Crippen LogP contribution in [0.25, 0.3) is 0 Å². The molecule has 0 saturated heterocycles. The van der Waals surface area contributed by atoms with Gasteiger partial charge in [0.1, 0.15) is 0 Å². The number of ketones is 1. The first-order valence-electron chi connectivity index (χ1n) is 7.36. The number of Topliss-reactive ketones (excluding diaryl/α,β-unsaturated/α-hetero) is 1. The second-order valence-electron chi connectivity index (χ2n) is 6.49. The van der Waals surface area contributed by atoms with Crippen molar-refractivity contribution in [2.75, 3.05) is 0 Å². The van der Waals surface area contributed by atoms with Crippen LogP contribution in [0, 0.1) is 5.41 Å². The number of hydrogen-bond acceptors (Lipinski definition) is 3. The first-order valence-corrected chi connectivity index (χ1v) is 8.84. The second kappa shape index (κ2) is 5.89. The second-order valence-corrected chi connectivity index (χ2v) is 8.21. The molecule has 1 N–H and O–H groups in total. The van der Waals surface area contributed by atoms with Gasteiger partial charge in [0.05, 0.1) is 4.90 Å². The molecule has 0 aromatic heterocycles. The van der Waals surface area contributed by atoms with E-state index in [9.17, 15) is 13.2 Å². The van der Waals surface area contributed by atoms with Crippen molar-refractivity contribution < 1.29 is 13.2 Å². The Labute approximate surface area is 127 Å². The summed E-state index contributed by atoms with van der Waals surface area (Å²) < 4.78 is 27.9. The van der Waals surface area contributed by atoms with E-state index in [1.165, 1.54) is 19.1 Å². The molecule has 2 rings (SSSR count). The zero-order valence-corrected chi connectivity index (χ0v) is 13.7. The molecule has 1 aliphatic carbocycles. The Morgan fingerprint density at radius 1 is 1.29 bits per heavy atom. The van der Waals surface area contributed by atoms with E-state index in [-0.39, 0.29) is 22.1 Å². The van der Waals surface area contributed by atoms with Gasteiger partial charge in [-0.25, -0.2) is 13.1 Å². The van der Waals surface area contributed by atoms with Crippen molar-refractivity contribution in [2.45, 2.75) is 57.4 Å². The number of carbonyl (C=O) groups is 1. The molecular formula is C16H23NO3S. The normalized spacial score (nSPS) is 22.0. The third-order valence-electron chi connectivity index (χ3n) is 4.36. The number of hydrogen-bond donors (Lipinski definition) is 1. The van der Waals surface area contributed by atoms with Crippen molar-refractivity contribution in [3.8, 4) is 0 Å². The van der Waals surface area contributed by atoms with Gasteiger partial charge in [-0.2, -0.15) is 0 Å². The molecule has 0 aliphatic heterocycles. The van der Waals surface area contributed by atoms with E-state index in [2.05, 4.69) is 18.6 Å². The van der Waals surface area contributed by atoms with Crippen LogP contribution < -0.4 is 4.72 Å². The lowest BCUT2D eigenvalue weighted by Crippen LogP contribution is -2.46. The number of rotatable bonds is 4. The maximum Gasteiger partial charge on any atom is 0.240 e. The Balaban J connectivity index is 2.26. The third kappa shape index (κ3) is 3.71. The molecule has 0 spiro atoms. The zero-order chi connectivity index (χ0) is 15.7. The number of sulfonamides is 1. The summed E-state index contributed by atoms with van der Waals surface area (Å²) in [6, 6.07) is 6.16. The molecule has 1 aliphatic rings. The van der Waals surface area contributed by atoms with Crippen molar-refractivity contribution in [1.29, 1.82) is 0 Å². The largest absolute Gasteiger partial charge is 0.295 e. The Hall–Kier alpha value is -1.20. The fraction of sp³-hybridized carbons (Fsp3) is 0.562. The van der Waals surface area contributed by atoms with Crippen molar-refractivity contribution in [2.24, 2.45) is 5.41 Å². The van der Waals surface area contributed by atoms with Gasteiger partial charge in [-0.15, -0.1) is 0 Å². The Kier molecular flexibility index (Phi) is 4.54. The molecular weight excluding hydrogens is 286 g/mol. The molecule has 1 saturated carbocycles.